The third-order valence-corrected chi connectivity index (χ3v) is 3.24. The molecular weight excluding hydrogens is 266 g/mol. The SMILES string of the molecule is COc1nc(N)nc2c1ncn2[C@@H]1O[C@@H](CO)C[C@H]1O. The minimum absolute atomic E-state index is 0.0438. The van der Waals surface area contributed by atoms with Crippen LogP contribution in [0.25, 0.3) is 11.2 Å². The van der Waals surface area contributed by atoms with Gasteiger partial charge in [-0.3, -0.25) is 4.57 Å². The van der Waals surface area contributed by atoms with Gasteiger partial charge in [-0.1, -0.05) is 0 Å². The number of hydrogen-bond acceptors (Lipinski definition) is 8. The van der Waals surface area contributed by atoms with Gasteiger partial charge in [0.15, 0.2) is 17.4 Å². The molecule has 0 unspecified atom stereocenters. The zero-order valence-corrected chi connectivity index (χ0v) is 10.8. The van der Waals surface area contributed by atoms with Crippen LogP contribution in [0, 0.1) is 0 Å². The third kappa shape index (κ3) is 1.96. The molecule has 1 saturated heterocycles. The number of aliphatic hydroxyl groups excluding tert-OH is 2. The summed E-state index contributed by atoms with van der Waals surface area (Å²) in [6, 6.07) is 0. The number of rotatable bonds is 3. The van der Waals surface area contributed by atoms with Crippen LogP contribution in [0.5, 0.6) is 5.88 Å². The number of nitrogens with zero attached hydrogens (tertiary/aromatic N) is 4. The van der Waals surface area contributed by atoms with Crippen LogP contribution in [-0.2, 0) is 4.74 Å². The van der Waals surface area contributed by atoms with E-state index in [-0.39, 0.29) is 18.4 Å². The summed E-state index contributed by atoms with van der Waals surface area (Å²) in [5, 5.41) is 19.1. The van der Waals surface area contributed by atoms with Crippen molar-refractivity contribution in [2.24, 2.45) is 0 Å². The Balaban J connectivity index is 2.07. The first-order valence-corrected chi connectivity index (χ1v) is 6.12. The van der Waals surface area contributed by atoms with Gasteiger partial charge in [0, 0.05) is 6.42 Å². The van der Waals surface area contributed by atoms with Crippen molar-refractivity contribution in [3.05, 3.63) is 6.33 Å². The van der Waals surface area contributed by atoms with Crippen molar-refractivity contribution in [2.75, 3.05) is 19.5 Å². The van der Waals surface area contributed by atoms with Crippen LogP contribution in [-0.4, -0.2) is 55.7 Å². The highest BCUT2D eigenvalue weighted by Gasteiger charge is 2.36. The van der Waals surface area contributed by atoms with Gasteiger partial charge >= 0.3 is 0 Å². The fourth-order valence-electron chi connectivity index (χ4n) is 2.33. The molecule has 0 aromatic carbocycles. The smallest absolute Gasteiger partial charge is 0.246 e. The monoisotopic (exact) mass is 281 g/mol. The number of nitrogen functional groups attached to an aromatic ring is 1. The van der Waals surface area contributed by atoms with E-state index in [1.54, 1.807) is 4.57 Å². The Morgan fingerprint density at radius 2 is 2.35 bits per heavy atom. The Bertz CT molecular complexity index is 631. The van der Waals surface area contributed by atoms with Gasteiger partial charge in [0.1, 0.15) is 6.10 Å². The van der Waals surface area contributed by atoms with E-state index in [9.17, 15) is 5.11 Å². The topological polar surface area (TPSA) is 129 Å². The molecule has 1 aliphatic rings. The van der Waals surface area contributed by atoms with Crippen LogP contribution in [0.4, 0.5) is 5.95 Å². The fourth-order valence-corrected chi connectivity index (χ4v) is 2.33. The lowest BCUT2D eigenvalue weighted by Crippen LogP contribution is -2.19. The van der Waals surface area contributed by atoms with Crippen molar-refractivity contribution >= 4 is 17.1 Å². The van der Waals surface area contributed by atoms with E-state index in [0.29, 0.717) is 17.6 Å². The first-order valence-electron chi connectivity index (χ1n) is 6.12. The van der Waals surface area contributed by atoms with Crippen molar-refractivity contribution in [3.8, 4) is 5.88 Å². The molecule has 1 fully saturated rings. The van der Waals surface area contributed by atoms with Gasteiger partial charge in [0.2, 0.25) is 11.8 Å². The molecule has 3 heterocycles. The lowest BCUT2D eigenvalue weighted by atomic mass is 10.2. The summed E-state index contributed by atoms with van der Waals surface area (Å²) in [6.07, 6.45) is -0.00977. The molecule has 9 nitrogen and oxygen atoms in total. The predicted molar refractivity (Wildman–Crippen MR) is 67.9 cm³/mol. The van der Waals surface area contributed by atoms with Crippen LogP contribution in [0.15, 0.2) is 6.33 Å². The molecular formula is C11H15N5O4. The average molecular weight is 281 g/mol. The first-order chi connectivity index (χ1) is 9.63. The van der Waals surface area contributed by atoms with E-state index in [1.165, 1.54) is 13.4 Å². The van der Waals surface area contributed by atoms with Crippen molar-refractivity contribution < 1.29 is 19.7 Å². The second-order valence-corrected chi connectivity index (χ2v) is 4.55. The predicted octanol–water partition coefficient (Wildman–Crippen LogP) is -0.942. The molecule has 9 heteroatoms. The number of hydrogen-bond donors (Lipinski definition) is 3. The highest BCUT2D eigenvalue weighted by Crippen LogP contribution is 2.32. The minimum atomic E-state index is -0.758. The Morgan fingerprint density at radius 3 is 3.00 bits per heavy atom. The number of nitrogens with two attached hydrogens (primary N) is 1. The number of anilines is 1. The van der Waals surface area contributed by atoms with Gasteiger partial charge < -0.3 is 25.4 Å². The number of methoxy groups -OCH3 is 1. The maximum atomic E-state index is 10.0. The molecule has 20 heavy (non-hydrogen) atoms. The van der Waals surface area contributed by atoms with Crippen LogP contribution in [0.1, 0.15) is 12.6 Å². The molecule has 0 spiro atoms. The molecule has 0 radical (unpaired) electrons. The van der Waals surface area contributed by atoms with Gasteiger partial charge in [-0.05, 0) is 0 Å². The fraction of sp³-hybridized carbons (Fsp3) is 0.545. The maximum absolute atomic E-state index is 10.0. The Labute approximate surface area is 114 Å². The first kappa shape index (κ1) is 13.0. The Morgan fingerprint density at radius 1 is 1.55 bits per heavy atom. The van der Waals surface area contributed by atoms with Crippen molar-refractivity contribution in [3.63, 3.8) is 0 Å². The molecule has 2 aromatic rings. The molecule has 3 atom stereocenters. The van der Waals surface area contributed by atoms with Crippen LogP contribution in [0.2, 0.25) is 0 Å². The summed E-state index contributed by atoms with van der Waals surface area (Å²) in [5.41, 5.74) is 6.48. The normalized spacial score (nSPS) is 26.2. The number of aliphatic hydroxyl groups is 2. The number of ether oxygens (including phenoxy) is 2. The molecule has 1 aliphatic heterocycles. The van der Waals surface area contributed by atoms with Gasteiger partial charge in [-0.25, -0.2) is 4.98 Å². The molecule has 0 bridgehead atoms. The third-order valence-electron chi connectivity index (χ3n) is 3.24. The highest BCUT2D eigenvalue weighted by atomic mass is 16.5. The van der Waals surface area contributed by atoms with Crippen molar-refractivity contribution in [2.45, 2.75) is 24.9 Å². The number of fused-ring (bicyclic) bond motifs is 1. The second kappa shape index (κ2) is 4.85. The summed E-state index contributed by atoms with van der Waals surface area (Å²) in [6.45, 7) is -0.152. The van der Waals surface area contributed by atoms with Gasteiger partial charge in [0.05, 0.1) is 26.1 Å². The molecule has 108 valence electrons. The van der Waals surface area contributed by atoms with E-state index >= 15 is 0 Å². The van der Waals surface area contributed by atoms with Gasteiger partial charge in [0.25, 0.3) is 0 Å². The minimum Gasteiger partial charge on any atom is -0.479 e. The Hall–Kier alpha value is -1.97. The van der Waals surface area contributed by atoms with Crippen molar-refractivity contribution in [1.29, 1.82) is 0 Å². The molecule has 4 N–H and O–H groups in total. The molecule has 2 aromatic heterocycles. The van der Waals surface area contributed by atoms with Gasteiger partial charge in [-0.2, -0.15) is 9.97 Å². The van der Waals surface area contributed by atoms with Crippen LogP contribution >= 0.6 is 0 Å². The molecule has 0 saturated carbocycles. The van der Waals surface area contributed by atoms with Crippen LogP contribution < -0.4 is 10.5 Å². The zero-order chi connectivity index (χ0) is 14.3. The van der Waals surface area contributed by atoms with E-state index in [1.807, 2.05) is 0 Å². The summed E-state index contributed by atoms with van der Waals surface area (Å²) >= 11 is 0. The summed E-state index contributed by atoms with van der Waals surface area (Å²) in [4.78, 5) is 12.2. The maximum Gasteiger partial charge on any atom is 0.246 e. The number of aromatic nitrogens is 4. The lowest BCUT2D eigenvalue weighted by Gasteiger charge is -2.16. The molecule has 3 rings (SSSR count). The molecule has 0 amide bonds. The standard InChI is InChI=1S/C11H15N5O4/c1-19-9-7-8(14-11(12)15-9)16(4-13-7)10-6(18)2-5(3-17)20-10/h4-6,10,17-18H,2-3H2,1H3,(H2,12,14,15)/t5-,6-,10-/m1/s1. The Kier molecular flexibility index (Phi) is 3.16. The highest BCUT2D eigenvalue weighted by molar-refractivity contribution is 5.77. The number of imidazole rings is 1. The zero-order valence-electron chi connectivity index (χ0n) is 10.8. The molecule has 0 aliphatic carbocycles. The average Bonchev–Trinajstić information content (AvgIpc) is 3.00. The van der Waals surface area contributed by atoms with E-state index < -0.39 is 18.4 Å². The summed E-state index contributed by atoms with van der Waals surface area (Å²) < 4.78 is 12.2. The lowest BCUT2D eigenvalue weighted by molar-refractivity contribution is -0.0486. The quantitative estimate of drug-likeness (QED) is 0.657. The largest absolute Gasteiger partial charge is 0.479 e. The summed E-state index contributed by atoms with van der Waals surface area (Å²) in [5.74, 6) is 0.305. The second-order valence-electron chi connectivity index (χ2n) is 4.55. The summed E-state index contributed by atoms with van der Waals surface area (Å²) in [7, 11) is 1.46. The van der Waals surface area contributed by atoms with Crippen LogP contribution in [0.3, 0.4) is 0 Å². The van der Waals surface area contributed by atoms with Crippen molar-refractivity contribution in [1.82, 2.24) is 19.5 Å². The van der Waals surface area contributed by atoms with Gasteiger partial charge in [-0.15, -0.1) is 0 Å². The van der Waals surface area contributed by atoms with E-state index in [0.717, 1.165) is 0 Å². The van der Waals surface area contributed by atoms with E-state index in [2.05, 4.69) is 15.0 Å². The van der Waals surface area contributed by atoms with E-state index in [4.69, 9.17) is 20.3 Å².